The number of anilines is 2. The number of hydrogen-bond acceptors (Lipinski definition) is 4. The standard InChI is InChI=1S/C14H15BrN4O/c1-3-16-11-5-4-9(2)6-10(11)14(20)19-13-8-17-12(15)7-18-13/h4-8,16H,3H2,1-2H3,(H,18,19,20). The van der Waals surface area contributed by atoms with Crippen LogP contribution in [0.4, 0.5) is 11.5 Å². The van der Waals surface area contributed by atoms with E-state index in [1.165, 1.54) is 12.4 Å². The van der Waals surface area contributed by atoms with Crippen molar-refractivity contribution in [2.75, 3.05) is 17.2 Å². The summed E-state index contributed by atoms with van der Waals surface area (Å²) in [7, 11) is 0. The fraction of sp³-hybridized carbons (Fsp3) is 0.214. The van der Waals surface area contributed by atoms with Crippen molar-refractivity contribution in [3.05, 3.63) is 46.3 Å². The van der Waals surface area contributed by atoms with E-state index in [9.17, 15) is 4.79 Å². The van der Waals surface area contributed by atoms with E-state index in [1.54, 1.807) is 0 Å². The van der Waals surface area contributed by atoms with Crippen molar-refractivity contribution in [1.82, 2.24) is 9.97 Å². The monoisotopic (exact) mass is 334 g/mol. The molecule has 0 bridgehead atoms. The molecule has 0 aliphatic carbocycles. The lowest BCUT2D eigenvalue weighted by Gasteiger charge is -2.11. The Hall–Kier alpha value is -1.95. The van der Waals surface area contributed by atoms with Gasteiger partial charge in [-0.15, -0.1) is 0 Å². The van der Waals surface area contributed by atoms with E-state index in [0.717, 1.165) is 17.8 Å². The summed E-state index contributed by atoms with van der Waals surface area (Å²) in [5, 5.41) is 5.91. The lowest BCUT2D eigenvalue weighted by Crippen LogP contribution is -2.16. The van der Waals surface area contributed by atoms with Crippen LogP contribution < -0.4 is 10.6 Å². The third-order valence-corrected chi connectivity index (χ3v) is 3.06. The van der Waals surface area contributed by atoms with Gasteiger partial charge in [0, 0.05) is 12.2 Å². The molecule has 20 heavy (non-hydrogen) atoms. The van der Waals surface area contributed by atoms with Crippen molar-refractivity contribution in [3.8, 4) is 0 Å². The summed E-state index contributed by atoms with van der Waals surface area (Å²) in [5.74, 6) is 0.212. The first-order valence-corrected chi connectivity index (χ1v) is 7.03. The summed E-state index contributed by atoms with van der Waals surface area (Å²) in [5.41, 5.74) is 2.43. The molecule has 5 nitrogen and oxygen atoms in total. The maximum atomic E-state index is 12.3. The first kappa shape index (κ1) is 14.5. The number of aromatic nitrogens is 2. The third kappa shape index (κ3) is 3.54. The number of halogens is 1. The first-order chi connectivity index (χ1) is 9.60. The molecule has 0 unspecified atom stereocenters. The van der Waals surface area contributed by atoms with Crippen LogP contribution in [0.25, 0.3) is 0 Å². The number of aryl methyl sites for hydroxylation is 1. The van der Waals surface area contributed by atoms with Crippen LogP contribution in [-0.2, 0) is 0 Å². The van der Waals surface area contributed by atoms with E-state index in [-0.39, 0.29) is 5.91 Å². The van der Waals surface area contributed by atoms with Crippen LogP contribution >= 0.6 is 15.9 Å². The van der Waals surface area contributed by atoms with Gasteiger partial charge in [-0.1, -0.05) is 11.6 Å². The fourth-order valence-corrected chi connectivity index (χ4v) is 1.96. The zero-order chi connectivity index (χ0) is 14.5. The molecule has 2 N–H and O–H groups in total. The van der Waals surface area contributed by atoms with Gasteiger partial charge in [-0.2, -0.15) is 0 Å². The van der Waals surface area contributed by atoms with Gasteiger partial charge < -0.3 is 10.6 Å². The Morgan fingerprint density at radius 1 is 1.30 bits per heavy atom. The summed E-state index contributed by atoms with van der Waals surface area (Å²) in [6.07, 6.45) is 3.04. The molecule has 1 heterocycles. The van der Waals surface area contributed by atoms with Crippen molar-refractivity contribution in [2.24, 2.45) is 0 Å². The Labute approximate surface area is 126 Å². The minimum Gasteiger partial charge on any atom is -0.385 e. The van der Waals surface area contributed by atoms with E-state index in [4.69, 9.17) is 0 Å². The van der Waals surface area contributed by atoms with Crippen LogP contribution in [0.1, 0.15) is 22.8 Å². The molecule has 0 radical (unpaired) electrons. The van der Waals surface area contributed by atoms with Crippen molar-refractivity contribution in [2.45, 2.75) is 13.8 Å². The van der Waals surface area contributed by atoms with Crippen molar-refractivity contribution < 1.29 is 4.79 Å². The molecule has 1 aromatic carbocycles. The quantitative estimate of drug-likeness (QED) is 0.900. The largest absolute Gasteiger partial charge is 0.385 e. The molecule has 0 atom stereocenters. The van der Waals surface area contributed by atoms with Gasteiger partial charge in [-0.3, -0.25) is 4.79 Å². The topological polar surface area (TPSA) is 66.9 Å². The Kier molecular flexibility index (Phi) is 4.68. The summed E-state index contributed by atoms with van der Waals surface area (Å²) < 4.78 is 0.624. The highest BCUT2D eigenvalue weighted by molar-refractivity contribution is 9.10. The zero-order valence-electron chi connectivity index (χ0n) is 11.3. The number of amides is 1. The highest BCUT2D eigenvalue weighted by atomic mass is 79.9. The summed E-state index contributed by atoms with van der Waals surface area (Å²) >= 11 is 3.20. The molecule has 2 aromatic rings. The molecule has 0 saturated heterocycles. The molecule has 104 valence electrons. The van der Waals surface area contributed by atoms with Crippen LogP contribution in [0.15, 0.2) is 35.2 Å². The van der Waals surface area contributed by atoms with Crippen molar-refractivity contribution in [3.63, 3.8) is 0 Å². The molecule has 2 rings (SSSR count). The summed E-state index contributed by atoms with van der Waals surface area (Å²) in [6, 6.07) is 5.72. The maximum absolute atomic E-state index is 12.3. The number of benzene rings is 1. The van der Waals surface area contributed by atoms with Crippen molar-refractivity contribution in [1.29, 1.82) is 0 Å². The smallest absolute Gasteiger partial charge is 0.258 e. The normalized spacial score (nSPS) is 10.2. The minimum atomic E-state index is -0.207. The molecule has 0 saturated carbocycles. The highest BCUT2D eigenvalue weighted by Crippen LogP contribution is 2.18. The molecule has 0 aliphatic rings. The van der Waals surface area contributed by atoms with E-state index in [2.05, 4.69) is 36.5 Å². The lowest BCUT2D eigenvalue weighted by molar-refractivity contribution is 0.102. The second-order valence-corrected chi connectivity index (χ2v) is 5.07. The van der Waals surface area contributed by atoms with E-state index >= 15 is 0 Å². The number of nitrogens with zero attached hydrogens (tertiary/aromatic N) is 2. The first-order valence-electron chi connectivity index (χ1n) is 6.23. The minimum absolute atomic E-state index is 0.207. The molecule has 6 heteroatoms. The molecule has 1 aromatic heterocycles. The molecular formula is C14H15BrN4O. The second kappa shape index (κ2) is 6.47. The van der Waals surface area contributed by atoms with Gasteiger partial charge in [-0.25, -0.2) is 9.97 Å². The van der Waals surface area contributed by atoms with Gasteiger partial charge >= 0.3 is 0 Å². The average Bonchev–Trinajstić information content (AvgIpc) is 2.43. The fourth-order valence-electron chi connectivity index (χ4n) is 1.75. The van der Waals surface area contributed by atoms with E-state index in [1.807, 2.05) is 32.0 Å². The van der Waals surface area contributed by atoms with Gasteiger partial charge in [0.1, 0.15) is 4.60 Å². The van der Waals surface area contributed by atoms with Crippen LogP contribution in [0.5, 0.6) is 0 Å². The second-order valence-electron chi connectivity index (χ2n) is 4.26. The zero-order valence-corrected chi connectivity index (χ0v) is 12.9. The highest BCUT2D eigenvalue weighted by Gasteiger charge is 2.12. The Morgan fingerprint density at radius 2 is 2.10 bits per heavy atom. The lowest BCUT2D eigenvalue weighted by atomic mass is 10.1. The van der Waals surface area contributed by atoms with Gasteiger partial charge in [0.05, 0.1) is 18.0 Å². The number of carbonyl (C=O) groups excluding carboxylic acids is 1. The molecule has 0 fully saturated rings. The van der Waals surface area contributed by atoms with Crippen LogP contribution in [-0.4, -0.2) is 22.4 Å². The predicted octanol–water partition coefficient (Wildman–Crippen LogP) is 3.23. The SMILES string of the molecule is CCNc1ccc(C)cc1C(=O)Nc1cnc(Br)cn1. The van der Waals surface area contributed by atoms with E-state index in [0.29, 0.717) is 16.0 Å². The molecule has 0 aliphatic heterocycles. The Morgan fingerprint density at radius 3 is 2.75 bits per heavy atom. The van der Waals surface area contributed by atoms with Gasteiger partial charge in [0.25, 0.3) is 5.91 Å². The van der Waals surface area contributed by atoms with Crippen molar-refractivity contribution >= 4 is 33.3 Å². The summed E-state index contributed by atoms with van der Waals surface area (Å²) in [4.78, 5) is 20.4. The molecular weight excluding hydrogens is 320 g/mol. The summed E-state index contributed by atoms with van der Waals surface area (Å²) in [6.45, 7) is 4.69. The van der Waals surface area contributed by atoms with E-state index < -0.39 is 0 Å². The maximum Gasteiger partial charge on any atom is 0.258 e. The van der Waals surface area contributed by atoms with Crippen LogP contribution in [0.2, 0.25) is 0 Å². The number of carbonyl (C=O) groups is 1. The van der Waals surface area contributed by atoms with Crippen LogP contribution in [0, 0.1) is 6.92 Å². The predicted molar refractivity (Wildman–Crippen MR) is 83.0 cm³/mol. The third-order valence-electron chi connectivity index (χ3n) is 2.65. The Bertz CT molecular complexity index is 613. The Balaban J connectivity index is 2.23. The number of nitrogens with one attached hydrogen (secondary N) is 2. The van der Waals surface area contributed by atoms with Gasteiger partial charge in [0.2, 0.25) is 0 Å². The number of rotatable bonds is 4. The molecule has 1 amide bonds. The molecule has 0 spiro atoms. The van der Waals surface area contributed by atoms with Gasteiger partial charge in [-0.05, 0) is 41.9 Å². The number of hydrogen-bond donors (Lipinski definition) is 2. The average molecular weight is 335 g/mol. The van der Waals surface area contributed by atoms with Gasteiger partial charge in [0.15, 0.2) is 5.82 Å². The van der Waals surface area contributed by atoms with Crippen LogP contribution in [0.3, 0.4) is 0 Å².